The minimum Gasteiger partial charge on any atom is -0.344 e. The van der Waals surface area contributed by atoms with Crippen molar-refractivity contribution >= 4 is 28.6 Å². The van der Waals surface area contributed by atoms with Gasteiger partial charge in [0, 0.05) is 51.1 Å². The molecule has 2 heterocycles. The summed E-state index contributed by atoms with van der Waals surface area (Å²) in [5, 5.41) is 3.56. The number of hydrogen-bond donors (Lipinski definition) is 0. The van der Waals surface area contributed by atoms with E-state index in [1.807, 2.05) is 50.3 Å². The average molecular weight is 645 g/mol. The molecule has 5 rings (SSSR count). The lowest BCUT2D eigenvalue weighted by Crippen LogP contribution is -2.33. The summed E-state index contributed by atoms with van der Waals surface area (Å²) in [6.07, 6.45) is 25.1. The van der Waals surface area contributed by atoms with E-state index in [-0.39, 0.29) is 5.92 Å². The molecule has 0 radical (unpaired) electrons. The van der Waals surface area contributed by atoms with Gasteiger partial charge in [-0.3, -0.25) is 0 Å². The van der Waals surface area contributed by atoms with Crippen molar-refractivity contribution in [2.75, 3.05) is 6.54 Å². The Labute approximate surface area is 294 Å². The number of benzene rings is 2. The highest BCUT2D eigenvalue weighted by Gasteiger charge is 2.31. The average Bonchev–Trinajstić information content (AvgIpc) is 3.47. The van der Waals surface area contributed by atoms with Crippen LogP contribution in [0.3, 0.4) is 0 Å². The molecular formula is C47H52N2. The molecule has 0 spiro atoms. The fourth-order valence-corrected chi connectivity index (χ4v) is 7.41. The smallest absolute Gasteiger partial charge is 0.0540 e. The Hall–Kier alpha value is -5.34. The fourth-order valence-electron chi connectivity index (χ4n) is 7.41. The largest absolute Gasteiger partial charge is 0.344 e. The first-order valence-corrected chi connectivity index (χ1v) is 17.4. The molecule has 0 fully saturated rings. The summed E-state index contributed by atoms with van der Waals surface area (Å²) in [4.78, 5) is 2.43. The van der Waals surface area contributed by atoms with Gasteiger partial charge in [0.15, 0.2) is 0 Å². The van der Waals surface area contributed by atoms with E-state index < -0.39 is 0 Å². The Bertz CT molecular complexity index is 2040. The van der Waals surface area contributed by atoms with Gasteiger partial charge in [-0.25, -0.2) is 0 Å². The fraction of sp³-hybridized carbons (Fsp3) is 0.191. The summed E-state index contributed by atoms with van der Waals surface area (Å²) in [5.41, 5.74) is 11.9. The first kappa shape index (κ1) is 36.5. The van der Waals surface area contributed by atoms with Gasteiger partial charge < -0.3 is 9.47 Å². The van der Waals surface area contributed by atoms with Crippen LogP contribution in [0.5, 0.6) is 0 Å². The SMILES string of the molecule is C=C/C=c1\c(=C/C)n(-c2ccc(C3=C(C=C)C(C=C)=C(N4CCC(C(/C=C\C)=C/C=C)C(C=C)=C4C=C)CC3)cc2)c2ccccc12.CC. The molecule has 1 aliphatic heterocycles. The Morgan fingerprint density at radius 1 is 0.796 bits per heavy atom. The van der Waals surface area contributed by atoms with E-state index in [4.69, 9.17) is 0 Å². The molecule has 2 heteroatoms. The first-order chi connectivity index (χ1) is 24.0. The molecule has 2 aliphatic rings. The zero-order valence-electron chi connectivity index (χ0n) is 30.0. The number of aromatic nitrogens is 1. The number of fused-ring (bicyclic) bond motifs is 1. The molecule has 49 heavy (non-hydrogen) atoms. The number of nitrogens with zero attached hydrogens (tertiary/aromatic N) is 2. The molecule has 1 atom stereocenters. The van der Waals surface area contributed by atoms with Gasteiger partial charge in [0.05, 0.1) is 5.52 Å². The Morgan fingerprint density at radius 2 is 1.51 bits per heavy atom. The maximum Gasteiger partial charge on any atom is 0.0540 e. The Morgan fingerprint density at radius 3 is 2.10 bits per heavy atom. The number of rotatable bonds is 11. The molecule has 250 valence electrons. The minimum atomic E-state index is 0.236. The second-order valence-electron chi connectivity index (χ2n) is 11.7. The molecule has 2 nitrogen and oxygen atoms in total. The number of para-hydroxylation sites is 1. The second-order valence-corrected chi connectivity index (χ2v) is 11.7. The molecule has 0 bridgehead atoms. The van der Waals surface area contributed by atoms with Crippen molar-refractivity contribution in [3.8, 4) is 5.69 Å². The van der Waals surface area contributed by atoms with Crippen LogP contribution >= 0.6 is 0 Å². The maximum atomic E-state index is 4.28. The predicted octanol–water partition coefficient (Wildman–Crippen LogP) is 11.2. The van der Waals surface area contributed by atoms with Gasteiger partial charge in [-0.2, -0.15) is 0 Å². The van der Waals surface area contributed by atoms with Gasteiger partial charge in [-0.1, -0.05) is 144 Å². The number of allylic oxidation sites excluding steroid dienone is 15. The van der Waals surface area contributed by atoms with Crippen molar-refractivity contribution in [3.63, 3.8) is 0 Å². The van der Waals surface area contributed by atoms with Crippen LogP contribution in [-0.2, 0) is 0 Å². The second kappa shape index (κ2) is 17.2. The lowest BCUT2D eigenvalue weighted by molar-refractivity contribution is 0.359. The van der Waals surface area contributed by atoms with Gasteiger partial charge in [0.2, 0.25) is 0 Å². The molecular weight excluding hydrogens is 593 g/mol. The van der Waals surface area contributed by atoms with Crippen molar-refractivity contribution in [1.82, 2.24) is 9.47 Å². The summed E-state index contributed by atoms with van der Waals surface area (Å²) >= 11 is 0. The summed E-state index contributed by atoms with van der Waals surface area (Å²) in [5.74, 6) is 0.236. The molecule has 0 N–H and O–H groups in total. The van der Waals surface area contributed by atoms with E-state index in [1.54, 1.807) is 0 Å². The summed E-state index contributed by atoms with van der Waals surface area (Å²) in [7, 11) is 0. The van der Waals surface area contributed by atoms with Crippen molar-refractivity contribution in [2.24, 2.45) is 5.92 Å². The van der Waals surface area contributed by atoms with Crippen molar-refractivity contribution < 1.29 is 0 Å². The lowest BCUT2D eigenvalue weighted by atomic mass is 9.80. The van der Waals surface area contributed by atoms with E-state index in [0.29, 0.717) is 0 Å². The van der Waals surface area contributed by atoms with Crippen LogP contribution in [0.1, 0.15) is 52.5 Å². The summed E-state index contributed by atoms with van der Waals surface area (Å²) in [6.45, 7) is 34.0. The third kappa shape index (κ3) is 6.96. The number of hydrogen-bond acceptors (Lipinski definition) is 1. The molecule has 1 aromatic heterocycles. The van der Waals surface area contributed by atoms with Crippen LogP contribution in [0.25, 0.3) is 34.3 Å². The molecule has 2 aromatic carbocycles. The van der Waals surface area contributed by atoms with E-state index >= 15 is 0 Å². The topological polar surface area (TPSA) is 8.17 Å². The highest BCUT2D eigenvalue weighted by molar-refractivity contribution is 5.85. The van der Waals surface area contributed by atoms with Gasteiger partial charge >= 0.3 is 0 Å². The quantitative estimate of drug-likeness (QED) is 0.189. The van der Waals surface area contributed by atoms with Crippen LogP contribution < -0.4 is 10.6 Å². The molecule has 0 amide bonds. The zero-order chi connectivity index (χ0) is 35.5. The molecule has 1 unspecified atom stereocenters. The van der Waals surface area contributed by atoms with Gasteiger partial charge in [0.25, 0.3) is 0 Å². The van der Waals surface area contributed by atoms with E-state index in [9.17, 15) is 0 Å². The van der Waals surface area contributed by atoms with Gasteiger partial charge in [-0.05, 0) is 85.2 Å². The lowest BCUT2D eigenvalue weighted by Gasteiger charge is -2.40. The van der Waals surface area contributed by atoms with E-state index in [2.05, 4.69) is 142 Å². The summed E-state index contributed by atoms with van der Waals surface area (Å²) < 4.78 is 2.33. The molecule has 1 aliphatic carbocycles. The van der Waals surface area contributed by atoms with Crippen molar-refractivity contribution in [3.05, 3.63) is 193 Å². The van der Waals surface area contributed by atoms with E-state index in [0.717, 1.165) is 53.7 Å². The summed E-state index contributed by atoms with van der Waals surface area (Å²) in [6, 6.07) is 17.5. The highest BCUT2D eigenvalue weighted by Crippen LogP contribution is 2.43. The Kier molecular flexibility index (Phi) is 12.8. The highest BCUT2D eigenvalue weighted by atomic mass is 15.2. The predicted molar refractivity (Wildman–Crippen MR) is 218 cm³/mol. The van der Waals surface area contributed by atoms with E-state index in [1.165, 1.54) is 44.1 Å². The van der Waals surface area contributed by atoms with Crippen LogP contribution in [0.2, 0.25) is 0 Å². The van der Waals surface area contributed by atoms with Crippen LogP contribution in [0, 0.1) is 5.92 Å². The van der Waals surface area contributed by atoms with Crippen molar-refractivity contribution in [2.45, 2.75) is 47.0 Å². The Balaban J connectivity index is 0.00000265. The zero-order valence-corrected chi connectivity index (χ0v) is 30.0. The van der Waals surface area contributed by atoms with Gasteiger partial charge in [0.1, 0.15) is 0 Å². The molecule has 0 saturated carbocycles. The standard InChI is InChI=1S/C45H46N2.C2H6/c1-9-19-32(20-10-2)39-30-31-46(42(15-7)37(39)14-6)44-29-28-38(35(12-4)36(44)13-5)33-24-26-34(27-25-33)47-43(16-8)40(21-11-3)41-22-17-18-23-45(41)47;1-2/h9-27,39H,1,3-7,28-31H2,2,8H3;1-2H3/b20-10-,32-19+,40-21-,43-16+;. The molecule has 3 aromatic rings. The van der Waals surface area contributed by atoms with Crippen molar-refractivity contribution in [1.29, 1.82) is 0 Å². The third-order valence-electron chi connectivity index (χ3n) is 9.34. The third-order valence-corrected chi connectivity index (χ3v) is 9.34. The van der Waals surface area contributed by atoms with Gasteiger partial charge in [-0.15, -0.1) is 0 Å². The van der Waals surface area contributed by atoms with Crippen LogP contribution in [0.15, 0.2) is 176 Å². The molecule has 0 saturated heterocycles. The minimum absolute atomic E-state index is 0.236. The first-order valence-electron chi connectivity index (χ1n) is 17.4. The van der Waals surface area contributed by atoms with Crippen LogP contribution in [0.4, 0.5) is 0 Å². The normalized spacial score (nSPS) is 17.8. The van der Waals surface area contributed by atoms with Crippen LogP contribution in [-0.4, -0.2) is 16.0 Å². The maximum absolute atomic E-state index is 4.28. The monoisotopic (exact) mass is 644 g/mol.